The zero-order valence-corrected chi connectivity index (χ0v) is 12.1. The molecule has 0 radical (unpaired) electrons. The molecule has 2 aromatic carbocycles. The van der Waals surface area contributed by atoms with Crippen molar-refractivity contribution in [3.05, 3.63) is 65.2 Å². The monoisotopic (exact) mass is 278 g/mol. The first-order chi connectivity index (χ1) is 10.3. The average Bonchev–Trinajstić information content (AvgIpc) is 2.53. The lowest BCUT2D eigenvalue weighted by Gasteiger charge is -2.20. The summed E-state index contributed by atoms with van der Waals surface area (Å²) in [6.07, 6.45) is 5.43. The van der Waals surface area contributed by atoms with Crippen LogP contribution in [0.2, 0.25) is 0 Å². The molecule has 0 amide bonds. The van der Waals surface area contributed by atoms with Crippen molar-refractivity contribution in [3.63, 3.8) is 0 Å². The van der Waals surface area contributed by atoms with Crippen LogP contribution in [0, 0.1) is 0 Å². The van der Waals surface area contributed by atoms with E-state index < -0.39 is 0 Å². The van der Waals surface area contributed by atoms with Crippen LogP contribution in [-0.4, -0.2) is 12.6 Å². The fourth-order valence-electron chi connectivity index (χ4n) is 2.81. The Morgan fingerprint density at radius 2 is 1.86 bits per heavy atom. The molecule has 0 heterocycles. The molecular formula is C19H18O2. The van der Waals surface area contributed by atoms with E-state index in [1.54, 1.807) is 0 Å². The first kappa shape index (κ1) is 13.6. The number of hydrogen-bond acceptors (Lipinski definition) is 2. The highest BCUT2D eigenvalue weighted by Crippen LogP contribution is 2.33. The zero-order valence-electron chi connectivity index (χ0n) is 12.1. The average molecular weight is 278 g/mol. The van der Waals surface area contributed by atoms with Crippen LogP contribution in [0.15, 0.2) is 48.5 Å². The SMILES string of the molecule is CCOC(=O)/C=C/c1ccc2c(c1)CCc1ccccc1-2. The van der Waals surface area contributed by atoms with Crippen LogP contribution in [0.5, 0.6) is 0 Å². The molecule has 2 nitrogen and oxygen atoms in total. The van der Waals surface area contributed by atoms with Crippen molar-refractivity contribution in [3.8, 4) is 11.1 Å². The number of esters is 1. The number of benzene rings is 2. The summed E-state index contributed by atoms with van der Waals surface area (Å²) in [5.41, 5.74) is 6.45. The number of aryl methyl sites for hydroxylation is 2. The maximum atomic E-state index is 11.4. The van der Waals surface area contributed by atoms with E-state index in [4.69, 9.17) is 4.74 Å². The smallest absolute Gasteiger partial charge is 0.330 e. The molecule has 1 aliphatic rings. The fraction of sp³-hybridized carbons (Fsp3) is 0.211. The highest BCUT2D eigenvalue weighted by molar-refractivity contribution is 5.87. The van der Waals surface area contributed by atoms with E-state index in [9.17, 15) is 4.79 Å². The van der Waals surface area contributed by atoms with Crippen LogP contribution in [0.3, 0.4) is 0 Å². The number of ether oxygens (including phenoxy) is 1. The van der Waals surface area contributed by atoms with Gasteiger partial charge in [0, 0.05) is 6.08 Å². The second-order valence-electron chi connectivity index (χ2n) is 5.16. The lowest BCUT2D eigenvalue weighted by atomic mass is 9.85. The van der Waals surface area contributed by atoms with Crippen LogP contribution >= 0.6 is 0 Å². The van der Waals surface area contributed by atoms with Crippen molar-refractivity contribution >= 4 is 12.0 Å². The molecule has 106 valence electrons. The molecule has 0 saturated heterocycles. The van der Waals surface area contributed by atoms with E-state index in [1.165, 1.54) is 28.3 Å². The molecule has 0 unspecified atom stereocenters. The Hall–Kier alpha value is -2.35. The molecule has 0 bridgehead atoms. The van der Waals surface area contributed by atoms with Crippen LogP contribution in [0.4, 0.5) is 0 Å². The standard InChI is InChI=1S/C19H18O2/c1-2-21-19(20)12-8-14-7-11-18-16(13-14)10-9-15-5-3-4-6-17(15)18/h3-8,11-13H,2,9-10H2,1H3/b12-8+. The van der Waals surface area contributed by atoms with Crippen molar-refractivity contribution in [1.82, 2.24) is 0 Å². The quantitative estimate of drug-likeness (QED) is 0.626. The van der Waals surface area contributed by atoms with Crippen LogP contribution in [0.1, 0.15) is 23.6 Å². The maximum absolute atomic E-state index is 11.4. The van der Waals surface area contributed by atoms with Crippen LogP contribution in [0.25, 0.3) is 17.2 Å². The van der Waals surface area contributed by atoms with E-state index in [0.29, 0.717) is 6.61 Å². The summed E-state index contributed by atoms with van der Waals surface area (Å²) in [4.78, 5) is 11.4. The number of rotatable bonds is 3. The van der Waals surface area contributed by atoms with Crippen molar-refractivity contribution in [2.24, 2.45) is 0 Å². The Kier molecular flexibility index (Phi) is 3.87. The first-order valence-electron chi connectivity index (χ1n) is 7.34. The van der Waals surface area contributed by atoms with Gasteiger partial charge in [0.05, 0.1) is 6.61 Å². The van der Waals surface area contributed by atoms with Gasteiger partial charge in [0.2, 0.25) is 0 Å². The Balaban J connectivity index is 1.89. The molecule has 0 saturated carbocycles. The third kappa shape index (κ3) is 2.89. The zero-order chi connectivity index (χ0) is 14.7. The molecular weight excluding hydrogens is 260 g/mol. The lowest BCUT2D eigenvalue weighted by Crippen LogP contribution is -2.04. The highest BCUT2D eigenvalue weighted by atomic mass is 16.5. The van der Waals surface area contributed by atoms with E-state index in [1.807, 2.05) is 13.0 Å². The summed E-state index contributed by atoms with van der Waals surface area (Å²) in [7, 11) is 0. The summed E-state index contributed by atoms with van der Waals surface area (Å²) in [6, 6.07) is 14.9. The normalized spacial score (nSPS) is 12.8. The van der Waals surface area contributed by atoms with Gasteiger partial charge in [0.25, 0.3) is 0 Å². The van der Waals surface area contributed by atoms with Gasteiger partial charge in [-0.3, -0.25) is 0 Å². The highest BCUT2D eigenvalue weighted by Gasteiger charge is 2.15. The van der Waals surface area contributed by atoms with Crippen LogP contribution in [-0.2, 0) is 22.4 Å². The van der Waals surface area contributed by atoms with Gasteiger partial charge in [0.15, 0.2) is 0 Å². The van der Waals surface area contributed by atoms with E-state index in [-0.39, 0.29) is 5.97 Å². The third-order valence-corrected chi connectivity index (χ3v) is 3.80. The number of fused-ring (bicyclic) bond motifs is 3. The predicted octanol–water partition coefficient (Wildman–Crippen LogP) is 4.03. The molecule has 21 heavy (non-hydrogen) atoms. The van der Waals surface area contributed by atoms with E-state index >= 15 is 0 Å². The molecule has 0 N–H and O–H groups in total. The topological polar surface area (TPSA) is 26.3 Å². The van der Waals surface area contributed by atoms with Gasteiger partial charge in [-0.2, -0.15) is 0 Å². The Labute approximate surface area is 125 Å². The number of carbonyl (C=O) groups is 1. The predicted molar refractivity (Wildman–Crippen MR) is 85.0 cm³/mol. The second kappa shape index (κ2) is 5.96. The minimum Gasteiger partial charge on any atom is -0.463 e. The Morgan fingerprint density at radius 3 is 2.71 bits per heavy atom. The molecule has 0 atom stereocenters. The number of hydrogen-bond donors (Lipinski definition) is 0. The summed E-state index contributed by atoms with van der Waals surface area (Å²) >= 11 is 0. The molecule has 1 aliphatic carbocycles. The molecule has 2 aromatic rings. The summed E-state index contributed by atoms with van der Waals surface area (Å²) in [6.45, 7) is 2.21. The Morgan fingerprint density at radius 1 is 1.10 bits per heavy atom. The van der Waals surface area contributed by atoms with Gasteiger partial charge in [-0.05, 0) is 53.7 Å². The first-order valence-corrected chi connectivity index (χ1v) is 7.34. The largest absolute Gasteiger partial charge is 0.463 e. The molecule has 0 aromatic heterocycles. The van der Waals surface area contributed by atoms with Crippen molar-refractivity contribution in [2.45, 2.75) is 19.8 Å². The molecule has 2 heteroatoms. The minimum absolute atomic E-state index is 0.291. The molecule has 0 aliphatic heterocycles. The van der Waals surface area contributed by atoms with E-state index in [2.05, 4.69) is 42.5 Å². The van der Waals surface area contributed by atoms with Crippen molar-refractivity contribution in [1.29, 1.82) is 0 Å². The van der Waals surface area contributed by atoms with E-state index in [0.717, 1.165) is 18.4 Å². The van der Waals surface area contributed by atoms with Gasteiger partial charge < -0.3 is 4.74 Å². The third-order valence-electron chi connectivity index (χ3n) is 3.80. The Bertz CT molecular complexity index is 698. The van der Waals surface area contributed by atoms with Crippen molar-refractivity contribution in [2.75, 3.05) is 6.61 Å². The summed E-state index contributed by atoms with van der Waals surface area (Å²) in [5.74, 6) is -0.291. The second-order valence-corrected chi connectivity index (χ2v) is 5.16. The minimum atomic E-state index is -0.291. The number of carbonyl (C=O) groups excluding carboxylic acids is 1. The summed E-state index contributed by atoms with van der Waals surface area (Å²) < 4.78 is 4.90. The van der Waals surface area contributed by atoms with Gasteiger partial charge in [-0.25, -0.2) is 4.79 Å². The van der Waals surface area contributed by atoms with Crippen LogP contribution < -0.4 is 0 Å². The van der Waals surface area contributed by atoms with Gasteiger partial charge in [0.1, 0.15) is 0 Å². The van der Waals surface area contributed by atoms with Gasteiger partial charge in [-0.1, -0.05) is 42.5 Å². The molecule has 0 spiro atoms. The van der Waals surface area contributed by atoms with Crippen molar-refractivity contribution < 1.29 is 9.53 Å². The summed E-state index contributed by atoms with van der Waals surface area (Å²) in [5, 5.41) is 0. The fourth-order valence-corrected chi connectivity index (χ4v) is 2.81. The maximum Gasteiger partial charge on any atom is 0.330 e. The lowest BCUT2D eigenvalue weighted by molar-refractivity contribution is -0.137. The molecule has 0 fully saturated rings. The van der Waals surface area contributed by atoms with Gasteiger partial charge in [-0.15, -0.1) is 0 Å². The van der Waals surface area contributed by atoms with Gasteiger partial charge >= 0.3 is 5.97 Å². The molecule has 3 rings (SSSR count).